The van der Waals surface area contributed by atoms with Crippen LogP contribution in [-0.2, 0) is 5.41 Å². The second-order valence-corrected chi connectivity index (χ2v) is 18.3. The Balaban J connectivity index is 1.02. The molecule has 1 spiro atoms. The van der Waals surface area contributed by atoms with Crippen LogP contribution in [0.25, 0.3) is 64.7 Å². The summed E-state index contributed by atoms with van der Waals surface area (Å²) in [6.45, 7) is 0. The molecule has 298 valence electrons. The molecule has 0 radical (unpaired) electrons. The zero-order chi connectivity index (χ0) is 41.5. The van der Waals surface area contributed by atoms with Crippen LogP contribution in [0.4, 0.5) is 11.4 Å². The highest BCUT2D eigenvalue weighted by Gasteiger charge is 2.55. The van der Waals surface area contributed by atoms with E-state index in [1.54, 1.807) is 11.1 Å². The van der Waals surface area contributed by atoms with Gasteiger partial charge in [0.1, 0.15) is 0 Å². The molecule has 1 atom stereocenters. The molecule has 1 aromatic heterocycles. The molecule has 63 heavy (non-hydrogen) atoms. The summed E-state index contributed by atoms with van der Waals surface area (Å²) < 4.78 is 2.67. The van der Waals surface area contributed by atoms with Gasteiger partial charge in [-0.05, 0) is 128 Å². The van der Waals surface area contributed by atoms with Crippen LogP contribution in [0.1, 0.15) is 47.9 Å². The van der Waals surface area contributed by atoms with Crippen molar-refractivity contribution in [1.82, 2.24) is 0 Å². The molecule has 4 aliphatic rings. The first kappa shape index (κ1) is 36.4. The van der Waals surface area contributed by atoms with Gasteiger partial charge in [0.2, 0.25) is 0 Å². The Labute approximate surface area is 373 Å². The summed E-state index contributed by atoms with van der Waals surface area (Å²) in [4.78, 5) is 2.55. The summed E-state index contributed by atoms with van der Waals surface area (Å²) in [6.07, 6.45) is 11.4. The van der Waals surface area contributed by atoms with E-state index >= 15 is 0 Å². The average molecular weight is 822 g/mol. The van der Waals surface area contributed by atoms with Gasteiger partial charge in [0.05, 0.1) is 11.1 Å². The van der Waals surface area contributed by atoms with E-state index in [9.17, 15) is 0 Å². The summed E-state index contributed by atoms with van der Waals surface area (Å²) in [5, 5.41) is 2.66. The van der Waals surface area contributed by atoms with E-state index in [1.807, 2.05) is 11.3 Å². The minimum absolute atomic E-state index is 0.344. The summed E-state index contributed by atoms with van der Waals surface area (Å²) in [5.74, 6) is 0. The number of benzene rings is 8. The topological polar surface area (TPSA) is 3.24 Å². The summed E-state index contributed by atoms with van der Waals surface area (Å²) in [6, 6.07) is 72.5. The number of allylic oxidation sites excluding steroid dienone is 7. The molecule has 0 saturated heterocycles. The smallest absolute Gasteiger partial charge is 0.0658 e. The molecule has 8 aromatic carbocycles. The number of fused-ring (bicyclic) bond motifs is 11. The van der Waals surface area contributed by atoms with Gasteiger partial charge >= 0.3 is 0 Å². The maximum atomic E-state index is 2.55. The molecule has 0 N–H and O–H groups in total. The van der Waals surface area contributed by atoms with E-state index in [2.05, 4.69) is 217 Å². The Kier molecular flexibility index (Phi) is 8.33. The van der Waals surface area contributed by atoms with Gasteiger partial charge in [-0.3, -0.25) is 0 Å². The van der Waals surface area contributed by atoms with Crippen molar-refractivity contribution in [2.75, 3.05) is 4.90 Å². The minimum Gasteiger partial charge on any atom is -0.310 e. The Morgan fingerprint density at radius 3 is 1.84 bits per heavy atom. The molecular weight excluding hydrogens is 779 g/mol. The van der Waals surface area contributed by atoms with Crippen LogP contribution < -0.4 is 4.90 Å². The normalized spacial score (nSPS) is 17.2. The fraction of sp³-hybridized carbons (Fsp3) is 0.0820. The lowest BCUT2D eigenvalue weighted by Crippen LogP contribution is -2.31. The lowest BCUT2D eigenvalue weighted by molar-refractivity contribution is 0.661. The van der Waals surface area contributed by atoms with Gasteiger partial charge in [0.25, 0.3) is 0 Å². The van der Waals surface area contributed by atoms with Crippen LogP contribution in [-0.4, -0.2) is 0 Å². The maximum absolute atomic E-state index is 2.55. The monoisotopic (exact) mass is 821 g/mol. The quantitative estimate of drug-likeness (QED) is 0.161. The lowest BCUT2D eigenvalue weighted by Gasteiger charge is -2.38. The van der Waals surface area contributed by atoms with Crippen molar-refractivity contribution in [1.29, 1.82) is 0 Å². The molecule has 2 heteroatoms. The van der Waals surface area contributed by atoms with Crippen LogP contribution in [0.2, 0.25) is 0 Å². The third kappa shape index (κ3) is 5.41. The lowest BCUT2D eigenvalue weighted by atomic mass is 9.64. The highest BCUT2D eigenvalue weighted by Crippen LogP contribution is 2.67. The Hall–Kier alpha value is -7.26. The Morgan fingerprint density at radius 1 is 0.444 bits per heavy atom. The van der Waals surface area contributed by atoms with Gasteiger partial charge in [0.15, 0.2) is 0 Å². The van der Waals surface area contributed by atoms with Crippen LogP contribution in [0, 0.1) is 0 Å². The van der Waals surface area contributed by atoms with Crippen molar-refractivity contribution in [2.45, 2.75) is 31.1 Å². The average Bonchev–Trinajstić information content (AvgIpc) is 4.00. The SMILES string of the molecule is C1=CC2=C(CC1)C1(C3=C(C(N(c4ccc(-c5ccccc5)cc4)c4ccc(-c5cccc6c5sc5ccccc56)cc4)=CCC3)c3ccccc31)c1c2cccc1-c1ccccc1. The van der Waals surface area contributed by atoms with Gasteiger partial charge in [-0.15, -0.1) is 11.3 Å². The van der Waals surface area contributed by atoms with E-state index in [-0.39, 0.29) is 5.41 Å². The first-order valence-electron chi connectivity index (χ1n) is 22.4. The van der Waals surface area contributed by atoms with E-state index in [1.165, 1.54) is 92.7 Å². The second-order valence-electron chi connectivity index (χ2n) is 17.3. The van der Waals surface area contributed by atoms with E-state index < -0.39 is 0 Å². The molecule has 1 heterocycles. The van der Waals surface area contributed by atoms with Gasteiger partial charge in [-0.1, -0.05) is 182 Å². The number of hydrogen-bond donors (Lipinski definition) is 0. The third-order valence-electron chi connectivity index (χ3n) is 14.1. The van der Waals surface area contributed by atoms with E-state index in [0.717, 1.165) is 37.1 Å². The van der Waals surface area contributed by atoms with Gasteiger partial charge in [-0.2, -0.15) is 0 Å². The number of hydrogen-bond acceptors (Lipinski definition) is 2. The van der Waals surface area contributed by atoms with Crippen molar-refractivity contribution in [3.05, 3.63) is 251 Å². The number of nitrogens with zero attached hydrogens (tertiary/aromatic N) is 1. The summed E-state index contributed by atoms with van der Waals surface area (Å²) in [7, 11) is 0. The molecule has 0 saturated carbocycles. The van der Waals surface area contributed by atoms with Crippen LogP contribution in [0.15, 0.2) is 229 Å². The van der Waals surface area contributed by atoms with Crippen molar-refractivity contribution < 1.29 is 0 Å². The van der Waals surface area contributed by atoms with E-state index in [4.69, 9.17) is 0 Å². The van der Waals surface area contributed by atoms with Gasteiger partial charge in [-0.25, -0.2) is 0 Å². The molecule has 9 aromatic rings. The molecule has 1 nitrogen and oxygen atoms in total. The van der Waals surface area contributed by atoms with Gasteiger partial charge < -0.3 is 4.90 Å². The predicted molar refractivity (Wildman–Crippen MR) is 267 cm³/mol. The first-order valence-corrected chi connectivity index (χ1v) is 23.2. The van der Waals surface area contributed by atoms with Gasteiger partial charge in [0, 0.05) is 37.1 Å². The third-order valence-corrected chi connectivity index (χ3v) is 15.3. The highest BCUT2D eigenvalue weighted by atomic mass is 32.1. The van der Waals surface area contributed by atoms with E-state index in [0.29, 0.717) is 0 Å². The maximum Gasteiger partial charge on any atom is 0.0658 e. The number of rotatable bonds is 6. The van der Waals surface area contributed by atoms with Crippen molar-refractivity contribution in [3.8, 4) is 33.4 Å². The molecule has 13 rings (SSSR count). The van der Waals surface area contributed by atoms with Crippen LogP contribution >= 0.6 is 11.3 Å². The fourth-order valence-electron chi connectivity index (χ4n) is 11.6. The van der Waals surface area contributed by atoms with Crippen LogP contribution in [0.3, 0.4) is 0 Å². The zero-order valence-corrected chi connectivity index (χ0v) is 35.7. The Morgan fingerprint density at radius 2 is 1.03 bits per heavy atom. The predicted octanol–water partition coefficient (Wildman–Crippen LogP) is 16.7. The largest absolute Gasteiger partial charge is 0.310 e. The van der Waals surface area contributed by atoms with Crippen molar-refractivity contribution >= 4 is 54.0 Å². The van der Waals surface area contributed by atoms with Crippen molar-refractivity contribution in [3.63, 3.8) is 0 Å². The second kappa shape index (κ2) is 14.4. The van der Waals surface area contributed by atoms with Crippen molar-refractivity contribution in [2.24, 2.45) is 0 Å². The molecular formula is C61H43NS. The summed E-state index contributed by atoms with van der Waals surface area (Å²) in [5.41, 5.74) is 22.4. The summed E-state index contributed by atoms with van der Waals surface area (Å²) >= 11 is 1.89. The molecule has 0 fully saturated rings. The zero-order valence-electron chi connectivity index (χ0n) is 34.9. The highest BCUT2D eigenvalue weighted by molar-refractivity contribution is 7.26. The Bertz CT molecular complexity index is 3420. The molecule has 4 aliphatic carbocycles. The minimum atomic E-state index is -0.344. The number of anilines is 2. The standard InChI is InChI=1S/C61H43NS/c1-3-16-40(17-4-1)41-32-36-44(37-33-41)62(45-38-34-43(35-39-45)47-24-14-26-51-49-21-9-12-31-57(49)63-60(47)51)56-30-15-29-55-58(56)52-22-8-11-28-54(52)61(55)53-27-10-7-20-48(53)50-25-13-23-46(59(50)61)42-18-5-2-6-19-42/h1-9,11-14,16-26,28,30-39H,10,15,27,29H2. The van der Waals surface area contributed by atoms with Crippen LogP contribution in [0.5, 0.6) is 0 Å². The number of thiophene rings is 1. The molecule has 0 bridgehead atoms. The first-order chi connectivity index (χ1) is 31.3. The molecule has 0 aliphatic heterocycles. The fourth-order valence-corrected chi connectivity index (χ4v) is 12.8. The molecule has 1 unspecified atom stereocenters. The molecule has 0 amide bonds.